The van der Waals surface area contributed by atoms with Gasteiger partial charge in [0, 0.05) is 19.8 Å². The Morgan fingerprint density at radius 2 is 2.22 bits per heavy atom. The summed E-state index contributed by atoms with van der Waals surface area (Å²) in [5.41, 5.74) is 0.716. The molecule has 8 heteroatoms. The predicted octanol–water partition coefficient (Wildman–Crippen LogP) is 0.577. The molecule has 0 radical (unpaired) electrons. The first-order valence-electron chi connectivity index (χ1n) is 5.34. The van der Waals surface area contributed by atoms with E-state index in [1.165, 1.54) is 6.92 Å². The van der Waals surface area contributed by atoms with E-state index in [-0.39, 0.29) is 0 Å². The third-order valence-corrected chi connectivity index (χ3v) is 2.21. The molecule has 102 valence electrons. The second-order valence-electron chi connectivity index (χ2n) is 3.92. The zero-order valence-electron chi connectivity index (χ0n) is 10.1. The van der Waals surface area contributed by atoms with Crippen molar-refractivity contribution >= 4 is 5.91 Å². The molecule has 1 rings (SSSR count). The highest BCUT2D eigenvalue weighted by molar-refractivity contribution is 5.81. The molecule has 0 aliphatic rings. The molecular formula is C10H15F3N4O. The third-order valence-electron chi connectivity index (χ3n) is 2.21. The van der Waals surface area contributed by atoms with Crippen LogP contribution in [0, 0.1) is 0 Å². The number of nitrogens with zero attached hydrogens (tertiary/aromatic N) is 2. The number of hydrogen-bond donors (Lipinski definition) is 2. The van der Waals surface area contributed by atoms with Crippen LogP contribution >= 0.6 is 0 Å². The number of rotatable bonds is 5. The minimum Gasteiger partial charge on any atom is -0.346 e. The molecule has 2 N–H and O–H groups in total. The minimum atomic E-state index is -4.39. The van der Waals surface area contributed by atoms with Gasteiger partial charge in [0.1, 0.15) is 6.54 Å². The molecule has 0 saturated heterocycles. The fourth-order valence-corrected chi connectivity index (χ4v) is 1.25. The van der Waals surface area contributed by atoms with Crippen LogP contribution in [-0.4, -0.2) is 34.5 Å². The molecule has 1 amide bonds. The molecule has 1 aromatic rings. The van der Waals surface area contributed by atoms with Crippen molar-refractivity contribution < 1.29 is 18.0 Å². The van der Waals surface area contributed by atoms with Gasteiger partial charge in [0.25, 0.3) is 0 Å². The number of halogens is 3. The number of aryl methyl sites for hydroxylation is 1. The largest absolute Gasteiger partial charge is 0.405 e. The van der Waals surface area contributed by atoms with Gasteiger partial charge in [-0.3, -0.25) is 9.48 Å². The Bertz CT molecular complexity index is 402. The van der Waals surface area contributed by atoms with E-state index in [4.69, 9.17) is 0 Å². The zero-order valence-corrected chi connectivity index (χ0v) is 10.1. The van der Waals surface area contributed by atoms with Crippen molar-refractivity contribution in [1.82, 2.24) is 20.4 Å². The number of aromatic nitrogens is 2. The van der Waals surface area contributed by atoms with E-state index in [9.17, 15) is 18.0 Å². The SMILES string of the molecule is CC(NCc1ccn(C)n1)C(=O)NCC(F)(F)F. The topological polar surface area (TPSA) is 59.0 Å². The van der Waals surface area contributed by atoms with Crippen molar-refractivity contribution in [2.75, 3.05) is 6.54 Å². The lowest BCUT2D eigenvalue weighted by Gasteiger charge is -2.14. The van der Waals surface area contributed by atoms with Gasteiger partial charge in [-0.1, -0.05) is 0 Å². The minimum absolute atomic E-state index is 0.321. The maximum atomic E-state index is 11.9. The van der Waals surface area contributed by atoms with Crippen LogP contribution in [0.4, 0.5) is 13.2 Å². The second kappa shape index (κ2) is 5.85. The highest BCUT2D eigenvalue weighted by Crippen LogP contribution is 2.12. The molecule has 18 heavy (non-hydrogen) atoms. The van der Waals surface area contributed by atoms with Crippen LogP contribution in [0.15, 0.2) is 12.3 Å². The van der Waals surface area contributed by atoms with Crippen LogP contribution in [0.2, 0.25) is 0 Å². The highest BCUT2D eigenvalue weighted by atomic mass is 19.4. The lowest BCUT2D eigenvalue weighted by atomic mass is 10.3. The van der Waals surface area contributed by atoms with Crippen molar-refractivity contribution in [2.24, 2.45) is 7.05 Å². The molecule has 1 unspecified atom stereocenters. The average Bonchev–Trinajstić information content (AvgIpc) is 2.67. The van der Waals surface area contributed by atoms with Gasteiger partial charge in [-0.2, -0.15) is 18.3 Å². The van der Waals surface area contributed by atoms with E-state index in [0.29, 0.717) is 12.2 Å². The lowest BCUT2D eigenvalue weighted by Crippen LogP contribution is -2.45. The fourth-order valence-electron chi connectivity index (χ4n) is 1.25. The summed E-state index contributed by atoms with van der Waals surface area (Å²) in [6, 6.07) is 1.04. The number of nitrogens with one attached hydrogen (secondary N) is 2. The Balaban J connectivity index is 2.32. The summed E-state index contributed by atoms with van der Waals surface area (Å²) in [5.74, 6) is -0.691. The maximum absolute atomic E-state index is 11.9. The molecular weight excluding hydrogens is 249 g/mol. The smallest absolute Gasteiger partial charge is 0.346 e. The Labute approximate surface area is 102 Å². The number of alkyl halides is 3. The van der Waals surface area contributed by atoms with Gasteiger partial charge in [-0.15, -0.1) is 0 Å². The van der Waals surface area contributed by atoms with E-state index in [1.54, 1.807) is 24.0 Å². The number of carbonyl (C=O) groups is 1. The first-order valence-corrected chi connectivity index (χ1v) is 5.34. The van der Waals surface area contributed by atoms with Crippen molar-refractivity contribution in [3.8, 4) is 0 Å². The van der Waals surface area contributed by atoms with Crippen molar-refractivity contribution in [1.29, 1.82) is 0 Å². The Morgan fingerprint density at radius 3 is 2.72 bits per heavy atom. The highest BCUT2D eigenvalue weighted by Gasteiger charge is 2.28. The monoisotopic (exact) mass is 264 g/mol. The second-order valence-corrected chi connectivity index (χ2v) is 3.92. The first kappa shape index (κ1) is 14.5. The number of amides is 1. The Kier molecular flexibility index (Phi) is 4.71. The van der Waals surface area contributed by atoms with Gasteiger partial charge in [-0.05, 0) is 13.0 Å². The van der Waals surface area contributed by atoms with Crippen LogP contribution in [0.5, 0.6) is 0 Å². The summed E-state index contributed by atoms with van der Waals surface area (Å²) in [7, 11) is 1.75. The molecule has 1 heterocycles. The Morgan fingerprint density at radius 1 is 1.56 bits per heavy atom. The molecule has 0 aliphatic heterocycles. The summed E-state index contributed by atoms with van der Waals surface area (Å²) in [6.45, 7) is 0.498. The standard InChI is InChI=1S/C10H15F3N4O/c1-7(9(18)15-6-10(11,12)13)14-5-8-3-4-17(2)16-8/h3-4,7,14H,5-6H2,1-2H3,(H,15,18). The van der Waals surface area contributed by atoms with Gasteiger partial charge in [0.05, 0.1) is 11.7 Å². The van der Waals surface area contributed by atoms with Crippen molar-refractivity contribution in [2.45, 2.75) is 25.7 Å². The summed E-state index contributed by atoms with van der Waals surface area (Å²) in [4.78, 5) is 11.3. The molecule has 1 aromatic heterocycles. The molecule has 0 aliphatic carbocycles. The van der Waals surface area contributed by atoms with E-state index in [2.05, 4.69) is 10.4 Å². The van der Waals surface area contributed by atoms with Gasteiger partial charge in [0.15, 0.2) is 0 Å². The third kappa shape index (κ3) is 5.17. The van der Waals surface area contributed by atoms with Crippen LogP contribution in [0.1, 0.15) is 12.6 Å². The maximum Gasteiger partial charge on any atom is 0.405 e. The Hall–Kier alpha value is -1.57. The molecule has 0 aromatic carbocycles. The van der Waals surface area contributed by atoms with E-state index in [0.717, 1.165) is 0 Å². The summed E-state index contributed by atoms with van der Waals surface area (Å²) in [6.07, 6.45) is -2.65. The van der Waals surface area contributed by atoms with Crippen LogP contribution < -0.4 is 10.6 Å². The van der Waals surface area contributed by atoms with E-state index < -0.39 is 24.7 Å². The van der Waals surface area contributed by atoms with Gasteiger partial charge >= 0.3 is 6.18 Å². The van der Waals surface area contributed by atoms with Crippen molar-refractivity contribution in [3.63, 3.8) is 0 Å². The molecule has 5 nitrogen and oxygen atoms in total. The van der Waals surface area contributed by atoms with Crippen LogP contribution in [-0.2, 0) is 18.4 Å². The molecule has 0 fully saturated rings. The zero-order chi connectivity index (χ0) is 13.8. The lowest BCUT2D eigenvalue weighted by molar-refractivity contribution is -0.139. The van der Waals surface area contributed by atoms with Gasteiger partial charge in [0.2, 0.25) is 5.91 Å². The molecule has 0 spiro atoms. The summed E-state index contributed by atoms with van der Waals surface area (Å²) in [5, 5.41) is 8.67. The molecule has 0 saturated carbocycles. The van der Waals surface area contributed by atoms with Crippen LogP contribution in [0.25, 0.3) is 0 Å². The quantitative estimate of drug-likeness (QED) is 0.817. The van der Waals surface area contributed by atoms with Gasteiger partial charge < -0.3 is 10.6 Å². The van der Waals surface area contributed by atoms with Crippen molar-refractivity contribution in [3.05, 3.63) is 18.0 Å². The summed E-state index contributed by atoms with van der Waals surface area (Å²) >= 11 is 0. The normalized spacial score (nSPS) is 13.4. The molecule has 1 atom stereocenters. The first-order chi connectivity index (χ1) is 8.28. The number of carbonyl (C=O) groups excluding carboxylic acids is 1. The molecule has 0 bridgehead atoms. The van der Waals surface area contributed by atoms with E-state index in [1.807, 2.05) is 5.32 Å². The van der Waals surface area contributed by atoms with Crippen LogP contribution in [0.3, 0.4) is 0 Å². The summed E-state index contributed by atoms with van der Waals surface area (Å²) < 4.78 is 37.3. The fraction of sp³-hybridized carbons (Fsp3) is 0.600. The van der Waals surface area contributed by atoms with Gasteiger partial charge in [-0.25, -0.2) is 0 Å². The van der Waals surface area contributed by atoms with E-state index >= 15 is 0 Å². The predicted molar refractivity (Wildman–Crippen MR) is 58.6 cm³/mol. The average molecular weight is 264 g/mol. The number of hydrogen-bond acceptors (Lipinski definition) is 3.